The van der Waals surface area contributed by atoms with E-state index in [-0.39, 0.29) is 11.7 Å². The Morgan fingerprint density at radius 3 is 2.59 bits per heavy atom. The van der Waals surface area contributed by atoms with Gasteiger partial charge in [0.15, 0.2) is 0 Å². The molecule has 1 amide bonds. The molecule has 0 aliphatic heterocycles. The lowest BCUT2D eigenvalue weighted by molar-refractivity contribution is -0.129. The second kappa shape index (κ2) is 9.18. The summed E-state index contributed by atoms with van der Waals surface area (Å²) in [5, 5.41) is 8.08. The molecule has 7 nitrogen and oxygen atoms in total. The van der Waals surface area contributed by atoms with E-state index in [1.807, 2.05) is 42.5 Å². The highest BCUT2D eigenvalue weighted by Gasteiger charge is 2.17. The van der Waals surface area contributed by atoms with Gasteiger partial charge in [-0.2, -0.15) is 0 Å². The summed E-state index contributed by atoms with van der Waals surface area (Å²) in [6.45, 7) is 2.62. The summed E-state index contributed by atoms with van der Waals surface area (Å²) in [5.74, 6) is 1.44. The predicted octanol–water partition coefficient (Wildman–Crippen LogP) is 3.10. The minimum atomic E-state index is -0.0303. The fourth-order valence-electron chi connectivity index (χ4n) is 2.42. The topological polar surface area (TPSA) is 81.4 Å². The Morgan fingerprint density at radius 2 is 1.96 bits per heavy atom. The predicted molar refractivity (Wildman–Crippen MR) is 101 cm³/mol. The highest BCUT2D eigenvalue weighted by molar-refractivity contribution is 7.99. The fraction of sp³-hybridized carbons (Fsp3) is 0.263. The maximum Gasteiger partial charge on any atom is 0.277 e. The molecule has 0 fully saturated rings. The second-order valence-electron chi connectivity index (χ2n) is 5.79. The largest absolute Gasteiger partial charge is 0.497 e. The number of carbonyl (C=O) groups excluding carboxylic acids is 1. The number of carbonyl (C=O) groups is 1. The molecule has 0 saturated carbocycles. The Balaban J connectivity index is 1.70. The molecule has 1 aromatic carbocycles. The zero-order valence-electron chi connectivity index (χ0n) is 15.2. The van der Waals surface area contributed by atoms with Gasteiger partial charge in [-0.15, -0.1) is 10.2 Å². The zero-order chi connectivity index (χ0) is 19.1. The van der Waals surface area contributed by atoms with Crippen molar-refractivity contribution in [2.45, 2.75) is 25.2 Å². The van der Waals surface area contributed by atoms with Crippen molar-refractivity contribution in [3.8, 4) is 5.75 Å². The van der Waals surface area contributed by atoms with Crippen molar-refractivity contribution < 1.29 is 13.9 Å². The molecule has 140 valence electrons. The first-order chi connectivity index (χ1) is 13.1. The van der Waals surface area contributed by atoms with E-state index in [1.54, 1.807) is 25.1 Å². The highest BCUT2D eigenvalue weighted by Crippen LogP contribution is 2.19. The van der Waals surface area contributed by atoms with Crippen molar-refractivity contribution in [2.75, 3.05) is 12.9 Å². The number of hydrogen-bond donors (Lipinski definition) is 0. The second-order valence-corrected chi connectivity index (χ2v) is 6.72. The van der Waals surface area contributed by atoms with Crippen molar-refractivity contribution in [2.24, 2.45) is 0 Å². The number of aryl methyl sites for hydroxylation is 1. The minimum absolute atomic E-state index is 0.0303. The van der Waals surface area contributed by atoms with Gasteiger partial charge in [0.05, 0.1) is 25.1 Å². The van der Waals surface area contributed by atoms with Crippen LogP contribution < -0.4 is 4.74 Å². The van der Waals surface area contributed by atoms with Crippen LogP contribution in [0.1, 0.15) is 17.1 Å². The Bertz CT molecular complexity index is 868. The highest BCUT2D eigenvalue weighted by atomic mass is 32.2. The van der Waals surface area contributed by atoms with Crippen molar-refractivity contribution in [3.63, 3.8) is 0 Å². The summed E-state index contributed by atoms with van der Waals surface area (Å²) in [5.41, 5.74) is 1.84. The van der Waals surface area contributed by atoms with Crippen molar-refractivity contribution in [3.05, 3.63) is 65.8 Å². The van der Waals surface area contributed by atoms with Crippen LogP contribution in [0.3, 0.4) is 0 Å². The van der Waals surface area contributed by atoms with Crippen LogP contribution in [-0.4, -0.2) is 38.9 Å². The Hall–Kier alpha value is -2.87. The van der Waals surface area contributed by atoms with Crippen LogP contribution in [0.25, 0.3) is 0 Å². The average molecular weight is 384 g/mol. The third kappa shape index (κ3) is 5.55. The van der Waals surface area contributed by atoms with E-state index in [9.17, 15) is 4.79 Å². The van der Waals surface area contributed by atoms with Gasteiger partial charge < -0.3 is 14.1 Å². The molecule has 0 aliphatic carbocycles. The van der Waals surface area contributed by atoms with Gasteiger partial charge in [0.1, 0.15) is 5.75 Å². The van der Waals surface area contributed by atoms with E-state index in [2.05, 4.69) is 15.2 Å². The number of hydrogen-bond acceptors (Lipinski definition) is 7. The Morgan fingerprint density at radius 1 is 1.15 bits per heavy atom. The summed E-state index contributed by atoms with van der Waals surface area (Å²) in [6.07, 6.45) is 1.72. The molecule has 0 spiro atoms. The molecule has 3 aromatic rings. The lowest BCUT2D eigenvalue weighted by atomic mass is 10.2. The van der Waals surface area contributed by atoms with Gasteiger partial charge in [0.2, 0.25) is 11.8 Å². The van der Waals surface area contributed by atoms with Crippen LogP contribution in [0, 0.1) is 6.92 Å². The Labute approximate surface area is 161 Å². The van der Waals surface area contributed by atoms with Gasteiger partial charge in [0, 0.05) is 19.7 Å². The fourth-order valence-corrected chi connectivity index (χ4v) is 3.13. The molecule has 2 heterocycles. The van der Waals surface area contributed by atoms with E-state index in [0.29, 0.717) is 24.2 Å². The monoisotopic (exact) mass is 384 g/mol. The molecule has 0 saturated heterocycles. The molecule has 8 heteroatoms. The third-order valence-corrected chi connectivity index (χ3v) is 4.59. The molecule has 0 bridgehead atoms. The van der Waals surface area contributed by atoms with E-state index in [0.717, 1.165) is 17.0 Å². The quantitative estimate of drug-likeness (QED) is 0.552. The van der Waals surface area contributed by atoms with Gasteiger partial charge in [-0.05, 0) is 29.8 Å². The summed E-state index contributed by atoms with van der Waals surface area (Å²) in [6, 6.07) is 13.3. The normalized spacial score (nSPS) is 10.6. The number of pyridine rings is 1. The number of thioether (sulfide) groups is 1. The van der Waals surface area contributed by atoms with Crippen molar-refractivity contribution >= 4 is 17.7 Å². The molecule has 0 N–H and O–H groups in total. The summed E-state index contributed by atoms with van der Waals surface area (Å²) in [4.78, 5) is 18.9. The van der Waals surface area contributed by atoms with Crippen LogP contribution >= 0.6 is 11.8 Å². The standard InChI is InChI=1S/C19H20N4O3S/c1-14-21-22-19(26-14)27-13-18(24)23(12-16-5-3-4-10-20-16)11-15-6-8-17(25-2)9-7-15/h3-10H,11-13H2,1-2H3. The van der Waals surface area contributed by atoms with E-state index < -0.39 is 0 Å². The first-order valence-electron chi connectivity index (χ1n) is 8.37. The third-order valence-electron chi connectivity index (χ3n) is 3.79. The number of benzene rings is 1. The SMILES string of the molecule is COc1ccc(CN(Cc2ccccn2)C(=O)CSc2nnc(C)o2)cc1. The zero-order valence-corrected chi connectivity index (χ0v) is 16.0. The molecule has 0 unspecified atom stereocenters. The van der Waals surface area contributed by atoms with E-state index >= 15 is 0 Å². The van der Waals surface area contributed by atoms with E-state index in [1.165, 1.54) is 11.8 Å². The maximum absolute atomic E-state index is 12.8. The van der Waals surface area contributed by atoms with Crippen molar-refractivity contribution in [1.29, 1.82) is 0 Å². The lowest BCUT2D eigenvalue weighted by Crippen LogP contribution is -2.31. The van der Waals surface area contributed by atoms with Crippen LogP contribution in [0.4, 0.5) is 0 Å². The molecule has 0 radical (unpaired) electrons. The molecule has 3 rings (SSSR count). The Kier molecular flexibility index (Phi) is 6.43. The van der Waals surface area contributed by atoms with Gasteiger partial charge in [-0.1, -0.05) is 30.0 Å². The number of nitrogens with zero attached hydrogens (tertiary/aromatic N) is 4. The molecule has 0 atom stereocenters. The minimum Gasteiger partial charge on any atom is -0.497 e. The van der Waals surface area contributed by atoms with Gasteiger partial charge in [-0.3, -0.25) is 9.78 Å². The summed E-state index contributed by atoms with van der Waals surface area (Å²) < 4.78 is 10.5. The molecular weight excluding hydrogens is 364 g/mol. The lowest BCUT2D eigenvalue weighted by Gasteiger charge is -2.22. The number of ether oxygens (including phenoxy) is 1. The van der Waals surface area contributed by atoms with Gasteiger partial charge in [-0.25, -0.2) is 0 Å². The smallest absolute Gasteiger partial charge is 0.277 e. The number of aromatic nitrogens is 3. The summed E-state index contributed by atoms with van der Waals surface area (Å²) in [7, 11) is 1.63. The van der Waals surface area contributed by atoms with Crippen LogP contribution in [0.15, 0.2) is 58.3 Å². The van der Waals surface area contributed by atoms with Crippen LogP contribution in [-0.2, 0) is 17.9 Å². The van der Waals surface area contributed by atoms with Gasteiger partial charge >= 0.3 is 0 Å². The maximum atomic E-state index is 12.8. The van der Waals surface area contributed by atoms with Crippen LogP contribution in [0.5, 0.6) is 5.75 Å². The molecular formula is C19H20N4O3S. The van der Waals surface area contributed by atoms with Crippen LogP contribution in [0.2, 0.25) is 0 Å². The summed E-state index contributed by atoms with van der Waals surface area (Å²) >= 11 is 1.23. The van der Waals surface area contributed by atoms with E-state index in [4.69, 9.17) is 9.15 Å². The van der Waals surface area contributed by atoms with Gasteiger partial charge in [0.25, 0.3) is 5.22 Å². The number of rotatable bonds is 8. The molecule has 27 heavy (non-hydrogen) atoms. The molecule has 0 aliphatic rings. The first-order valence-corrected chi connectivity index (χ1v) is 9.36. The van der Waals surface area contributed by atoms with Crippen molar-refractivity contribution in [1.82, 2.24) is 20.1 Å². The average Bonchev–Trinajstić information content (AvgIpc) is 3.12. The number of methoxy groups -OCH3 is 1. The number of amides is 1. The molecule has 2 aromatic heterocycles. The first kappa shape index (κ1) is 18.9.